The van der Waals surface area contributed by atoms with Crippen molar-refractivity contribution in [3.8, 4) is 11.5 Å². The number of aliphatic hydroxyl groups excluding tert-OH is 1. The minimum absolute atomic E-state index is 0.000179. The molecule has 0 aliphatic carbocycles. The molecule has 0 aliphatic rings. The summed E-state index contributed by atoms with van der Waals surface area (Å²) in [4.78, 5) is 12.2. The third kappa shape index (κ3) is 9.54. The molecule has 4 aromatic carbocycles. The smallest absolute Gasteiger partial charge is 0.182 e. The quantitative estimate of drug-likeness (QED) is 0.0871. The first kappa shape index (κ1) is 28.9. The number of ketones is 1. The van der Waals surface area contributed by atoms with Gasteiger partial charge in [0.05, 0.1) is 0 Å². The predicted molar refractivity (Wildman–Crippen MR) is 148 cm³/mol. The van der Waals surface area contributed by atoms with Crippen LogP contribution < -0.4 is 9.47 Å². The van der Waals surface area contributed by atoms with Gasteiger partial charge in [-0.25, -0.2) is 17.6 Å². The summed E-state index contributed by atoms with van der Waals surface area (Å²) < 4.78 is 64.2. The van der Waals surface area contributed by atoms with Crippen molar-refractivity contribution in [3.05, 3.63) is 154 Å². The molecule has 4 aromatic rings. The summed E-state index contributed by atoms with van der Waals surface area (Å²) in [6.45, 7) is -0.00341. The highest BCUT2D eigenvalue weighted by Gasteiger charge is 2.04. The second-order valence-electron chi connectivity index (χ2n) is 8.91. The van der Waals surface area contributed by atoms with Crippen LogP contribution in [0.4, 0.5) is 17.6 Å². The lowest BCUT2D eigenvalue weighted by Gasteiger charge is -2.07. The van der Waals surface area contributed by atoms with Gasteiger partial charge >= 0.3 is 0 Å². The third-order valence-electron chi connectivity index (χ3n) is 5.59. The fourth-order valence-corrected chi connectivity index (χ4v) is 3.67. The van der Waals surface area contributed by atoms with Crippen LogP contribution in [0.2, 0.25) is 0 Å². The van der Waals surface area contributed by atoms with Crippen LogP contribution in [0.25, 0.3) is 12.2 Å². The maximum Gasteiger partial charge on any atom is 0.182 e. The summed E-state index contributed by atoms with van der Waals surface area (Å²) in [5.41, 5.74) is 2.15. The van der Waals surface area contributed by atoms with Gasteiger partial charge in [0, 0.05) is 18.2 Å². The van der Waals surface area contributed by atoms with Crippen molar-refractivity contribution >= 4 is 17.9 Å². The lowest BCUT2D eigenvalue weighted by atomic mass is 10.1. The van der Waals surface area contributed by atoms with Gasteiger partial charge in [0.2, 0.25) is 0 Å². The van der Waals surface area contributed by atoms with E-state index in [9.17, 15) is 27.5 Å². The first-order chi connectivity index (χ1) is 19.7. The van der Waals surface area contributed by atoms with E-state index in [0.717, 1.165) is 23.8 Å². The number of benzene rings is 4. The summed E-state index contributed by atoms with van der Waals surface area (Å²) in [6, 6.07) is 19.9. The Morgan fingerprint density at radius 2 is 1.00 bits per heavy atom. The van der Waals surface area contributed by atoms with Crippen molar-refractivity contribution < 1.29 is 36.9 Å². The Labute approximate surface area is 234 Å². The fourth-order valence-electron chi connectivity index (χ4n) is 3.67. The molecule has 0 heterocycles. The molecule has 0 spiro atoms. The fraction of sp³-hybridized carbons (Fsp3) is 0.0606. The minimum atomic E-state index is -0.677. The van der Waals surface area contributed by atoms with E-state index in [4.69, 9.17) is 9.47 Å². The number of carbonyl (C=O) groups is 1. The maximum atomic E-state index is 13.3. The molecule has 4 nitrogen and oxygen atoms in total. The Kier molecular flexibility index (Phi) is 9.72. The molecule has 0 atom stereocenters. The van der Waals surface area contributed by atoms with Gasteiger partial charge in [-0.05, 0) is 82.9 Å². The largest absolute Gasteiger partial charge is 0.508 e. The molecule has 1 N–H and O–H groups in total. The van der Waals surface area contributed by atoms with Crippen LogP contribution in [0.3, 0.4) is 0 Å². The van der Waals surface area contributed by atoms with Crippen molar-refractivity contribution in [1.82, 2.24) is 0 Å². The van der Waals surface area contributed by atoms with Gasteiger partial charge < -0.3 is 14.6 Å². The molecule has 0 unspecified atom stereocenters. The molecule has 0 saturated heterocycles. The van der Waals surface area contributed by atoms with Gasteiger partial charge in [-0.2, -0.15) is 0 Å². The third-order valence-corrected chi connectivity index (χ3v) is 5.59. The van der Waals surface area contributed by atoms with Gasteiger partial charge in [-0.15, -0.1) is 0 Å². The average molecular weight is 561 g/mol. The van der Waals surface area contributed by atoms with Crippen molar-refractivity contribution in [2.75, 3.05) is 0 Å². The zero-order valence-corrected chi connectivity index (χ0v) is 21.6. The minimum Gasteiger partial charge on any atom is -0.508 e. The molecule has 0 radical (unpaired) electrons. The zero-order chi connectivity index (χ0) is 29.2. The number of allylic oxidation sites excluding steroid dienone is 3. The van der Waals surface area contributed by atoms with E-state index in [0.29, 0.717) is 28.2 Å². The molecule has 4 rings (SSSR count). The number of hydrogen-bond acceptors (Lipinski definition) is 4. The first-order valence-corrected chi connectivity index (χ1v) is 12.4. The molecular formula is C33H24F4O4. The van der Waals surface area contributed by atoms with E-state index in [1.165, 1.54) is 36.4 Å². The lowest BCUT2D eigenvalue weighted by Crippen LogP contribution is -1.97. The standard InChI is InChI=1S/C33H24F4O4/c34-26-13-24(14-27(35)17-26)20-40-32-9-3-22(4-10-32)1-7-30(38)19-31(39)8-2-23-5-11-33(12-6-23)41-21-25-15-28(36)18-29(37)16-25/h1-19,38H,20-21H2/b7-1+,8-2+,30-19-. The highest BCUT2D eigenvalue weighted by Crippen LogP contribution is 2.18. The molecule has 0 saturated carbocycles. The second kappa shape index (κ2) is 13.8. The molecule has 0 fully saturated rings. The summed E-state index contributed by atoms with van der Waals surface area (Å²) in [5.74, 6) is -2.40. The van der Waals surface area contributed by atoms with Crippen molar-refractivity contribution in [3.63, 3.8) is 0 Å². The Morgan fingerprint density at radius 3 is 1.41 bits per heavy atom. The van der Waals surface area contributed by atoms with Crippen molar-refractivity contribution in [1.29, 1.82) is 0 Å². The normalized spacial score (nSPS) is 11.8. The predicted octanol–water partition coefficient (Wildman–Crippen LogP) is 8.14. The monoisotopic (exact) mass is 560 g/mol. The Bertz CT molecular complexity index is 1550. The lowest BCUT2D eigenvalue weighted by molar-refractivity contribution is -0.110. The van der Waals surface area contributed by atoms with E-state index >= 15 is 0 Å². The van der Waals surface area contributed by atoms with Crippen LogP contribution in [0, 0.1) is 23.3 Å². The molecular weight excluding hydrogens is 536 g/mol. The molecule has 41 heavy (non-hydrogen) atoms. The van der Waals surface area contributed by atoms with Crippen LogP contribution in [0.1, 0.15) is 22.3 Å². The van der Waals surface area contributed by atoms with Crippen LogP contribution in [-0.2, 0) is 18.0 Å². The van der Waals surface area contributed by atoms with Crippen LogP contribution in [0.5, 0.6) is 11.5 Å². The number of hydrogen-bond donors (Lipinski definition) is 1. The maximum absolute atomic E-state index is 13.3. The van der Waals surface area contributed by atoms with E-state index in [2.05, 4.69) is 0 Å². The van der Waals surface area contributed by atoms with Gasteiger partial charge in [0.1, 0.15) is 53.7 Å². The Balaban J connectivity index is 1.25. The van der Waals surface area contributed by atoms with Crippen LogP contribution >= 0.6 is 0 Å². The summed E-state index contributed by atoms with van der Waals surface area (Å²) >= 11 is 0. The van der Waals surface area contributed by atoms with Gasteiger partial charge in [0.25, 0.3) is 0 Å². The van der Waals surface area contributed by atoms with E-state index in [1.807, 2.05) is 0 Å². The first-order valence-electron chi connectivity index (χ1n) is 12.4. The van der Waals surface area contributed by atoms with Gasteiger partial charge in [-0.3, -0.25) is 4.79 Å². The SMILES string of the molecule is O=C(/C=C(O)/C=C/c1ccc(OCc2cc(F)cc(F)c2)cc1)/C=C/c1ccc(OCc2cc(F)cc(F)c2)cc1. The van der Waals surface area contributed by atoms with Gasteiger partial charge in [-0.1, -0.05) is 36.4 Å². The number of rotatable bonds is 11. The molecule has 208 valence electrons. The summed E-state index contributed by atoms with van der Waals surface area (Å²) in [5, 5.41) is 10.1. The molecule has 0 aliphatic heterocycles. The number of halogens is 4. The number of aliphatic hydroxyl groups is 1. The number of ether oxygens (including phenoxy) is 2. The topological polar surface area (TPSA) is 55.8 Å². The van der Waals surface area contributed by atoms with E-state index in [-0.39, 0.29) is 19.0 Å². The molecule has 0 aromatic heterocycles. The average Bonchev–Trinajstić information content (AvgIpc) is 2.93. The summed E-state index contributed by atoms with van der Waals surface area (Å²) in [6.07, 6.45) is 6.90. The zero-order valence-electron chi connectivity index (χ0n) is 21.6. The van der Waals surface area contributed by atoms with Gasteiger partial charge in [0.15, 0.2) is 5.78 Å². The molecule has 8 heteroatoms. The van der Waals surface area contributed by atoms with Crippen LogP contribution in [-0.4, -0.2) is 10.9 Å². The van der Waals surface area contributed by atoms with Crippen molar-refractivity contribution in [2.45, 2.75) is 13.2 Å². The van der Waals surface area contributed by atoms with E-state index < -0.39 is 29.1 Å². The Morgan fingerprint density at radius 1 is 0.610 bits per heavy atom. The van der Waals surface area contributed by atoms with Crippen LogP contribution in [0.15, 0.2) is 109 Å². The highest BCUT2D eigenvalue weighted by atomic mass is 19.1. The summed E-state index contributed by atoms with van der Waals surface area (Å²) in [7, 11) is 0. The van der Waals surface area contributed by atoms with E-state index in [1.54, 1.807) is 60.7 Å². The second-order valence-corrected chi connectivity index (χ2v) is 8.91. The number of carbonyl (C=O) groups excluding carboxylic acids is 1. The Hall–Kier alpha value is -5.11. The highest BCUT2D eigenvalue weighted by molar-refractivity contribution is 6.02. The van der Waals surface area contributed by atoms with Crippen molar-refractivity contribution in [2.24, 2.45) is 0 Å². The molecule has 0 amide bonds. The molecule has 0 bridgehead atoms.